The SMILES string of the molecule is O=C(O)[C@]1(Oc2cc(Cl)c(Cl)cc2Cl)CCCN1. The maximum atomic E-state index is 11.3. The predicted molar refractivity (Wildman–Crippen MR) is 69.7 cm³/mol. The third-order valence-corrected chi connectivity index (χ3v) is 3.74. The zero-order valence-electron chi connectivity index (χ0n) is 9.17. The van der Waals surface area contributed by atoms with Crippen molar-refractivity contribution < 1.29 is 14.6 Å². The summed E-state index contributed by atoms with van der Waals surface area (Å²) in [4.78, 5) is 11.3. The summed E-state index contributed by atoms with van der Waals surface area (Å²) < 4.78 is 5.51. The molecule has 0 radical (unpaired) electrons. The highest BCUT2D eigenvalue weighted by atomic mass is 35.5. The molecule has 1 aliphatic rings. The van der Waals surface area contributed by atoms with E-state index < -0.39 is 11.7 Å². The number of carboxylic acids is 1. The summed E-state index contributed by atoms with van der Waals surface area (Å²) in [6.45, 7) is 0.575. The maximum absolute atomic E-state index is 11.3. The molecule has 0 bridgehead atoms. The first-order valence-corrected chi connectivity index (χ1v) is 6.40. The van der Waals surface area contributed by atoms with Gasteiger partial charge in [-0.3, -0.25) is 5.32 Å². The summed E-state index contributed by atoms with van der Waals surface area (Å²) in [6.07, 6.45) is 1.07. The van der Waals surface area contributed by atoms with Crippen molar-refractivity contribution in [1.29, 1.82) is 0 Å². The van der Waals surface area contributed by atoms with Crippen molar-refractivity contribution in [3.05, 3.63) is 27.2 Å². The number of aliphatic carboxylic acids is 1. The minimum absolute atomic E-state index is 0.197. The van der Waals surface area contributed by atoms with E-state index in [1.54, 1.807) is 0 Å². The molecule has 1 aromatic rings. The molecule has 1 atom stereocenters. The molecule has 98 valence electrons. The number of halogens is 3. The molecular formula is C11H10Cl3NO3. The Morgan fingerprint density at radius 2 is 1.94 bits per heavy atom. The molecule has 4 nitrogen and oxygen atoms in total. The van der Waals surface area contributed by atoms with E-state index in [1.807, 2.05) is 0 Å². The number of hydrogen-bond acceptors (Lipinski definition) is 3. The fourth-order valence-electron chi connectivity index (χ4n) is 1.80. The van der Waals surface area contributed by atoms with Crippen LogP contribution in [0.1, 0.15) is 12.8 Å². The zero-order valence-corrected chi connectivity index (χ0v) is 11.4. The third kappa shape index (κ3) is 2.52. The summed E-state index contributed by atoms with van der Waals surface area (Å²) in [7, 11) is 0. The summed E-state index contributed by atoms with van der Waals surface area (Å²) >= 11 is 17.6. The first-order chi connectivity index (χ1) is 8.44. The Balaban J connectivity index is 2.33. The van der Waals surface area contributed by atoms with E-state index in [1.165, 1.54) is 12.1 Å². The molecular weight excluding hydrogens is 300 g/mol. The molecule has 0 aliphatic carbocycles. The van der Waals surface area contributed by atoms with Crippen LogP contribution in [-0.2, 0) is 4.79 Å². The summed E-state index contributed by atoms with van der Waals surface area (Å²) in [5.74, 6) is -0.884. The van der Waals surface area contributed by atoms with Crippen LogP contribution < -0.4 is 10.1 Å². The van der Waals surface area contributed by atoms with Gasteiger partial charge in [-0.1, -0.05) is 34.8 Å². The van der Waals surface area contributed by atoms with E-state index in [2.05, 4.69) is 5.32 Å². The van der Waals surface area contributed by atoms with Crippen LogP contribution in [0.3, 0.4) is 0 Å². The Morgan fingerprint density at radius 1 is 1.28 bits per heavy atom. The van der Waals surface area contributed by atoms with Crippen LogP contribution in [0.15, 0.2) is 12.1 Å². The molecule has 0 saturated carbocycles. The third-order valence-electron chi connectivity index (χ3n) is 2.72. The first-order valence-electron chi connectivity index (χ1n) is 5.26. The number of nitrogens with one attached hydrogen (secondary N) is 1. The Hall–Kier alpha value is -0.680. The largest absolute Gasteiger partial charge is 0.477 e. The van der Waals surface area contributed by atoms with Gasteiger partial charge in [0.05, 0.1) is 15.1 Å². The van der Waals surface area contributed by atoms with E-state index in [0.717, 1.165) is 0 Å². The number of carbonyl (C=O) groups is 1. The van der Waals surface area contributed by atoms with Gasteiger partial charge in [0.2, 0.25) is 0 Å². The molecule has 1 saturated heterocycles. The second kappa shape index (κ2) is 5.13. The fraction of sp³-hybridized carbons (Fsp3) is 0.364. The van der Waals surface area contributed by atoms with Gasteiger partial charge in [0.25, 0.3) is 5.72 Å². The highest BCUT2D eigenvalue weighted by molar-refractivity contribution is 6.43. The highest BCUT2D eigenvalue weighted by Crippen LogP contribution is 2.36. The topological polar surface area (TPSA) is 58.6 Å². The minimum Gasteiger partial charge on any atom is -0.477 e. The van der Waals surface area contributed by atoms with Crippen molar-refractivity contribution in [2.45, 2.75) is 18.6 Å². The van der Waals surface area contributed by atoms with E-state index >= 15 is 0 Å². The van der Waals surface area contributed by atoms with Gasteiger partial charge in [-0.25, -0.2) is 4.79 Å². The lowest BCUT2D eigenvalue weighted by Crippen LogP contribution is -2.52. The zero-order chi connectivity index (χ0) is 13.3. The molecule has 1 heterocycles. The van der Waals surface area contributed by atoms with Crippen LogP contribution in [0.2, 0.25) is 15.1 Å². The lowest BCUT2D eigenvalue weighted by atomic mass is 10.1. The number of ether oxygens (including phenoxy) is 1. The van der Waals surface area contributed by atoms with Crippen molar-refractivity contribution >= 4 is 40.8 Å². The second-order valence-electron chi connectivity index (χ2n) is 3.96. The molecule has 1 aliphatic heterocycles. The van der Waals surface area contributed by atoms with Crippen molar-refractivity contribution in [2.75, 3.05) is 6.54 Å². The van der Waals surface area contributed by atoms with Gasteiger partial charge < -0.3 is 9.84 Å². The van der Waals surface area contributed by atoms with E-state index in [0.29, 0.717) is 19.4 Å². The molecule has 0 spiro atoms. The van der Waals surface area contributed by atoms with Crippen LogP contribution in [0, 0.1) is 0 Å². The highest BCUT2D eigenvalue weighted by Gasteiger charge is 2.44. The maximum Gasteiger partial charge on any atom is 0.363 e. The number of hydrogen-bond donors (Lipinski definition) is 2. The molecule has 2 N–H and O–H groups in total. The monoisotopic (exact) mass is 309 g/mol. The molecule has 0 unspecified atom stereocenters. The van der Waals surface area contributed by atoms with E-state index in [9.17, 15) is 9.90 Å². The normalized spacial score (nSPS) is 23.1. The quantitative estimate of drug-likeness (QED) is 0.842. The molecule has 0 amide bonds. The van der Waals surface area contributed by atoms with Gasteiger partial charge in [-0.2, -0.15) is 0 Å². The van der Waals surface area contributed by atoms with Gasteiger partial charge >= 0.3 is 5.97 Å². The Labute approximate surface area is 119 Å². The minimum atomic E-state index is -1.44. The van der Waals surface area contributed by atoms with Crippen molar-refractivity contribution in [3.63, 3.8) is 0 Å². The van der Waals surface area contributed by atoms with Gasteiger partial charge in [0.1, 0.15) is 5.75 Å². The fourth-order valence-corrected chi connectivity index (χ4v) is 2.37. The van der Waals surface area contributed by atoms with Crippen LogP contribution in [0.5, 0.6) is 5.75 Å². The molecule has 2 rings (SSSR count). The standard InChI is InChI=1S/C11H10Cl3NO3/c12-6-4-8(14)9(5-7(6)13)18-11(10(16)17)2-1-3-15-11/h4-5,15H,1-3H2,(H,16,17)/t11-/m1/s1. The molecule has 0 aromatic heterocycles. The smallest absolute Gasteiger partial charge is 0.363 e. The number of benzene rings is 1. The summed E-state index contributed by atoms with van der Waals surface area (Å²) in [5.41, 5.74) is -1.44. The molecule has 18 heavy (non-hydrogen) atoms. The lowest BCUT2D eigenvalue weighted by Gasteiger charge is -2.26. The van der Waals surface area contributed by atoms with Crippen LogP contribution in [0.25, 0.3) is 0 Å². The van der Waals surface area contributed by atoms with E-state index in [-0.39, 0.29) is 20.8 Å². The van der Waals surface area contributed by atoms with Crippen molar-refractivity contribution in [3.8, 4) is 5.75 Å². The molecule has 1 fully saturated rings. The van der Waals surface area contributed by atoms with Crippen LogP contribution in [0.4, 0.5) is 0 Å². The predicted octanol–water partition coefficient (Wildman–Crippen LogP) is 3.19. The summed E-state index contributed by atoms with van der Waals surface area (Å²) in [5, 5.41) is 12.8. The first kappa shape index (κ1) is 13.7. The number of carboxylic acid groups (broad SMARTS) is 1. The Kier molecular flexibility index (Phi) is 3.92. The average Bonchev–Trinajstić information content (AvgIpc) is 2.76. The van der Waals surface area contributed by atoms with Crippen molar-refractivity contribution in [1.82, 2.24) is 5.32 Å². The molecule has 1 aromatic carbocycles. The number of rotatable bonds is 3. The van der Waals surface area contributed by atoms with Gasteiger partial charge in [0, 0.05) is 12.5 Å². The van der Waals surface area contributed by atoms with Gasteiger partial charge in [0.15, 0.2) is 0 Å². The average molecular weight is 311 g/mol. The van der Waals surface area contributed by atoms with E-state index in [4.69, 9.17) is 39.5 Å². The molecule has 7 heteroatoms. The van der Waals surface area contributed by atoms with Gasteiger partial charge in [-0.15, -0.1) is 0 Å². The van der Waals surface area contributed by atoms with Gasteiger partial charge in [-0.05, 0) is 19.0 Å². The second-order valence-corrected chi connectivity index (χ2v) is 5.18. The Morgan fingerprint density at radius 3 is 2.50 bits per heavy atom. The summed E-state index contributed by atoms with van der Waals surface area (Å²) in [6, 6.07) is 2.84. The lowest BCUT2D eigenvalue weighted by molar-refractivity contribution is -0.157. The Bertz CT molecular complexity index is 487. The van der Waals surface area contributed by atoms with Crippen molar-refractivity contribution in [2.24, 2.45) is 0 Å². The van der Waals surface area contributed by atoms with Crippen LogP contribution >= 0.6 is 34.8 Å². The van der Waals surface area contributed by atoms with Crippen LogP contribution in [-0.4, -0.2) is 23.3 Å².